The normalized spacial score (nSPS) is 20.6. The van der Waals surface area contributed by atoms with E-state index in [0.717, 1.165) is 19.3 Å². The van der Waals surface area contributed by atoms with Crippen LogP contribution in [0.15, 0.2) is 16.6 Å². The summed E-state index contributed by atoms with van der Waals surface area (Å²) in [4.78, 5) is 11.6. The molecule has 0 bridgehead atoms. The van der Waals surface area contributed by atoms with Crippen molar-refractivity contribution in [2.75, 3.05) is 0 Å². The van der Waals surface area contributed by atoms with Gasteiger partial charge in [0.05, 0.1) is 4.47 Å². The van der Waals surface area contributed by atoms with Gasteiger partial charge in [-0.2, -0.15) is 0 Å². The molecule has 0 spiro atoms. The van der Waals surface area contributed by atoms with Crippen LogP contribution in [0.1, 0.15) is 31.2 Å². The van der Waals surface area contributed by atoms with Gasteiger partial charge in [0, 0.05) is 17.9 Å². The summed E-state index contributed by atoms with van der Waals surface area (Å²) in [6.07, 6.45) is 3.33. The number of hydrogen-bond acceptors (Lipinski definition) is 1. The number of hydrogen-bond donors (Lipinski definition) is 0. The Labute approximate surface area is 107 Å². The Morgan fingerprint density at radius 3 is 2.76 bits per heavy atom. The molecule has 92 valence electrons. The van der Waals surface area contributed by atoms with Crippen molar-refractivity contribution in [3.05, 3.63) is 33.8 Å². The minimum Gasteiger partial charge on any atom is -0.299 e. The smallest absolute Gasteiger partial charge is 0.143 e. The standard InChI is InChI=1S/C13H13BrF2O/c14-10-5-6-11(15)9(13(10)16)7-8-3-1-2-4-12(8)17/h5-6,8H,1-4,7H2. The molecule has 0 heterocycles. The first-order valence-electron chi connectivity index (χ1n) is 5.74. The van der Waals surface area contributed by atoms with Crippen molar-refractivity contribution in [1.82, 2.24) is 0 Å². The van der Waals surface area contributed by atoms with Crippen LogP contribution < -0.4 is 0 Å². The van der Waals surface area contributed by atoms with Crippen LogP contribution in [0, 0.1) is 17.6 Å². The molecule has 17 heavy (non-hydrogen) atoms. The molecule has 1 unspecified atom stereocenters. The second-order valence-electron chi connectivity index (χ2n) is 4.43. The molecule has 0 amide bonds. The lowest BCUT2D eigenvalue weighted by atomic mass is 9.83. The molecule has 0 radical (unpaired) electrons. The minimum atomic E-state index is -0.580. The molecule has 0 aromatic heterocycles. The van der Waals surface area contributed by atoms with E-state index in [2.05, 4.69) is 15.9 Å². The Bertz CT molecular complexity index is 445. The monoisotopic (exact) mass is 302 g/mol. The zero-order valence-electron chi connectivity index (χ0n) is 9.31. The van der Waals surface area contributed by atoms with Crippen molar-refractivity contribution in [1.29, 1.82) is 0 Å². The highest BCUT2D eigenvalue weighted by Crippen LogP contribution is 2.28. The van der Waals surface area contributed by atoms with Crippen LogP contribution in [0.4, 0.5) is 8.78 Å². The fourth-order valence-electron chi connectivity index (χ4n) is 2.27. The lowest BCUT2D eigenvalue weighted by Crippen LogP contribution is -2.22. The summed E-state index contributed by atoms with van der Waals surface area (Å²) in [5.41, 5.74) is 0.0274. The van der Waals surface area contributed by atoms with E-state index < -0.39 is 11.6 Å². The third-order valence-corrected chi connectivity index (χ3v) is 3.88. The zero-order valence-corrected chi connectivity index (χ0v) is 10.9. The van der Waals surface area contributed by atoms with E-state index in [0.29, 0.717) is 6.42 Å². The lowest BCUT2D eigenvalue weighted by molar-refractivity contribution is -0.124. The van der Waals surface area contributed by atoms with Gasteiger partial charge in [0.15, 0.2) is 0 Å². The van der Waals surface area contributed by atoms with Gasteiger partial charge in [0.25, 0.3) is 0 Å². The first-order chi connectivity index (χ1) is 8.09. The van der Waals surface area contributed by atoms with Crippen molar-refractivity contribution in [3.8, 4) is 0 Å². The third-order valence-electron chi connectivity index (χ3n) is 3.27. The predicted molar refractivity (Wildman–Crippen MR) is 64.7 cm³/mol. The molecule has 1 aliphatic carbocycles. The van der Waals surface area contributed by atoms with Crippen LogP contribution in [-0.2, 0) is 11.2 Å². The van der Waals surface area contributed by atoms with Crippen molar-refractivity contribution in [2.24, 2.45) is 5.92 Å². The molecule has 1 aromatic carbocycles. The highest BCUT2D eigenvalue weighted by molar-refractivity contribution is 9.10. The number of halogens is 3. The highest BCUT2D eigenvalue weighted by atomic mass is 79.9. The Morgan fingerprint density at radius 1 is 1.29 bits per heavy atom. The van der Waals surface area contributed by atoms with Crippen LogP contribution in [0.2, 0.25) is 0 Å². The SMILES string of the molecule is O=C1CCCCC1Cc1c(F)ccc(Br)c1F. The van der Waals surface area contributed by atoms with Gasteiger partial charge in [-0.1, -0.05) is 6.42 Å². The first kappa shape index (κ1) is 12.7. The molecule has 0 saturated heterocycles. The quantitative estimate of drug-likeness (QED) is 0.754. The summed E-state index contributed by atoms with van der Waals surface area (Å²) < 4.78 is 27.5. The summed E-state index contributed by atoms with van der Waals surface area (Å²) in [5.74, 6) is -1.23. The van der Waals surface area contributed by atoms with Gasteiger partial charge in [-0.05, 0) is 47.3 Å². The lowest BCUT2D eigenvalue weighted by Gasteiger charge is -2.21. The molecule has 2 rings (SSSR count). The van der Waals surface area contributed by atoms with Gasteiger partial charge < -0.3 is 0 Å². The average molecular weight is 303 g/mol. The summed E-state index contributed by atoms with van der Waals surface area (Å²) >= 11 is 3.03. The molecular formula is C13H13BrF2O. The van der Waals surface area contributed by atoms with Gasteiger partial charge in [-0.25, -0.2) is 8.78 Å². The van der Waals surface area contributed by atoms with E-state index in [4.69, 9.17) is 0 Å². The number of Topliss-reactive ketones (excluding diaryl/α,β-unsaturated/α-hetero) is 1. The maximum Gasteiger partial charge on any atom is 0.143 e. The molecule has 1 nitrogen and oxygen atoms in total. The summed E-state index contributed by atoms with van der Waals surface area (Å²) in [6, 6.07) is 2.58. The van der Waals surface area contributed by atoms with Crippen molar-refractivity contribution in [2.45, 2.75) is 32.1 Å². The van der Waals surface area contributed by atoms with E-state index in [1.165, 1.54) is 12.1 Å². The van der Waals surface area contributed by atoms with Crippen LogP contribution in [0.25, 0.3) is 0 Å². The molecule has 0 aliphatic heterocycles. The zero-order chi connectivity index (χ0) is 12.4. The van der Waals surface area contributed by atoms with E-state index in [9.17, 15) is 13.6 Å². The van der Waals surface area contributed by atoms with Crippen LogP contribution in [0.5, 0.6) is 0 Å². The molecule has 1 atom stereocenters. The van der Waals surface area contributed by atoms with Gasteiger partial charge >= 0.3 is 0 Å². The van der Waals surface area contributed by atoms with Crippen LogP contribution >= 0.6 is 15.9 Å². The molecule has 4 heteroatoms. The largest absolute Gasteiger partial charge is 0.299 e. The second kappa shape index (κ2) is 5.25. The predicted octanol–water partition coefficient (Wildman–Crippen LogP) is 4.03. The second-order valence-corrected chi connectivity index (χ2v) is 5.29. The summed E-state index contributed by atoms with van der Waals surface area (Å²) in [7, 11) is 0. The minimum absolute atomic E-state index is 0.0274. The maximum atomic E-state index is 13.7. The number of carbonyl (C=O) groups excluding carboxylic acids is 1. The molecule has 0 N–H and O–H groups in total. The topological polar surface area (TPSA) is 17.1 Å². The number of benzene rings is 1. The fraction of sp³-hybridized carbons (Fsp3) is 0.462. The number of carbonyl (C=O) groups is 1. The summed E-state index contributed by atoms with van der Waals surface area (Å²) in [6.45, 7) is 0. The van der Waals surface area contributed by atoms with E-state index in [-0.39, 0.29) is 28.2 Å². The average Bonchev–Trinajstić information content (AvgIpc) is 2.32. The van der Waals surface area contributed by atoms with Gasteiger partial charge in [0.2, 0.25) is 0 Å². The van der Waals surface area contributed by atoms with E-state index in [1.807, 2.05) is 0 Å². The number of rotatable bonds is 2. The maximum absolute atomic E-state index is 13.7. The van der Waals surface area contributed by atoms with Crippen LogP contribution in [-0.4, -0.2) is 5.78 Å². The molecule has 1 fully saturated rings. The van der Waals surface area contributed by atoms with Crippen LogP contribution in [0.3, 0.4) is 0 Å². The van der Waals surface area contributed by atoms with E-state index in [1.54, 1.807) is 0 Å². The van der Waals surface area contributed by atoms with Gasteiger partial charge in [-0.15, -0.1) is 0 Å². The first-order valence-corrected chi connectivity index (χ1v) is 6.54. The molecule has 1 aliphatic rings. The Kier molecular flexibility index (Phi) is 3.92. The Morgan fingerprint density at radius 2 is 2.06 bits per heavy atom. The molecule has 1 saturated carbocycles. The Balaban J connectivity index is 2.23. The number of ketones is 1. The third kappa shape index (κ3) is 2.73. The van der Waals surface area contributed by atoms with E-state index >= 15 is 0 Å². The summed E-state index contributed by atoms with van der Waals surface area (Å²) in [5, 5.41) is 0. The molecule has 1 aromatic rings. The fourth-order valence-corrected chi connectivity index (χ4v) is 2.65. The van der Waals surface area contributed by atoms with Gasteiger partial charge in [0.1, 0.15) is 17.4 Å². The molecular weight excluding hydrogens is 290 g/mol. The highest BCUT2D eigenvalue weighted by Gasteiger charge is 2.25. The van der Waals surface area contributed by atoms with Crippen molar-refractivity contribution in [3.63, 3.8) is 0 Å². The van der Waals surface area contributed by atoms with Crippen molar-refractivity contribution < 1.29 is 13.6 Å². The Hall–Kier alpha value is -0.770. The van der Waals surface area contributed by atoms with Gasteiger partial charge in [-0.3, -0.25) is 4.79 Å². The van der Waals surface area contributed by atoms with Crippen molar-refractivity contribution >= 4 is 21.7 Å².